The van der Waals surface area contributed by atoms with Gasteiger partial charge < -0.3 is 10.2 Å². The van der Waals surface area contributed by atoms with Crippen LogP contribution in [0.3, 0.4) is 0 Å². The Morgan fingerprint density at radius 2 is 2.05 bits per heavy atom. The van der Waals surface area contributed by atoms with Gasteiger partial charge in [0.2, 0.25) is 5.96 Å². The first-order valence-corrected chi connectivity index (χ1v) is 7.04. The van der Waals surface area contributed by atoms with Crippen molar-refractivity contribution >= 4 is 29.3 Å². The molecule has 0 amide bonds. The molecule has 2 aromatic rings. The number of benzene rings is 1. The number of nitrogens with zero attached hydrogens (tertiary/aromatic N) is 3. The maximum Gasteiger partial charge on any atom is 0.215 e. The van der Waals surface area contributed by atoms with Gasteiger partial charge >= 0.3 is 0 Å². The van der Waals surface area contributed by atoms with E-state index >= 15 is 0 Å². The Bertz CT molecular complexity index is 645. The van der Waals surface area contributed by atoms with E-state index in [0.717, 1.165) is 22.8 Å². The lowest BCUT2D eigenvalue weighted by molar-refractivity contribution is 0.627. The summed E-state index contributed by atoms with van der Waals surface area (Å²) in [5, 5.41) is 3.18. The van der Waals surface area contributed by atoms with Gasteiger partial charge in [0, 0.05) is 36.6 Å². The predicted molar refractivity (Wildman–Crippen MR) is 80.6 cm³/mol. The zero-order valence-electron chi connectivity index (χ0n) is 10.9. The van der Waals surface area contributed by atoms with Crippen LogP contribution < -0.4 is 10.2 Å². The van der Waals surface area contributed by atoms with Crippen molar-refractivity contribution in [3.63, 3.8) is 0 Å². The first-order valence-electron chi connectivity index (χ1n) is 6.27. The predicted octanol–water partition coefficient (Wildman–Crippen LogP) is 3.54. The van der Waals surface area contributed by atoms with Crippen molar-refractivity contribution in [1.82, 2.24) is 4.98 Å². The number of anilines is 2. The zero-order chi connectivity index (χ0) is 13.9. The molecule has 0 bridgehead atoms. The van der Waals surface area contributed by atoms with Crippen LogP contribution in [0.2, 0.25) is 0 Å². The lowest BCUT2D eigenvalue weighted by atomic mass is 10.3. The van der Waals surface area contributed by atoms with Gasteiger partial charge in [0.1, 0.15) is 5.82 Å². The molecule has 4 nitrogen and oxygen atoms in total. The van der Waals surface area contributed by atoms with Crippen molar-refractivity contribution in [1.29, 1.82) is 0 Å². The molecule has 0 fully saturated rings. The van der Waals surface area contributed by atoms with Crippen LogP contribution in [0, 0.1) is 5.82 Å². The average molecular weight is 288 g/mol. The van der Waals surface area contributed by atoms with E-state index in [1.165, 1.54) is 24.1 Å². The third kappa shape index (κ3) is 2.46. The molecule has 1 aromatic carbocycles. The van der Waals surface area contributed by atoms with Crippen molar-refractivity contribution in [2.75, 3.05) is 16.8 Å². The molecule has 2 heterocycles. The standard InChI is InChI=1S/C14H13FN4S/c1-2-19(11-5-7-16-8-6-11)14-17-12-9-10(15)3-4-13(12)20-18-14/h3-9H,2H2,1H3,(H,17,18). The van der Waals surface area contributed by atoms with Crippen LogP contribution in [0.5, 0.6) is 0 Å². The van der Waals surface area contributed by atoms with E-state index in [0.29, 0.717) is 5.96 Å². The third-order valence-electron chi connectivity index (χ3n) is 2.96. The number of nitrogens with one attached hydrogen (secondary N) is 1. The summed E-state index contributed by atoms with van der Waals surface area (Å²) in [4.78, 5) is 6.95. The molecule has 1 aliphatic heterocycles. The Morgan fingerprint density at radius 3 is 2.80 bits per heavy atom. The minimum atomic E-state index is -0.259. The fraction of sp³-hybridized carbons (Fsp3) is 0.143. The smallest absolute Gasteiger partial charge is 0.215 e. The molecule has 0 spiro atoms. The second kappa shape index (κ2) is 5.50. The SMILES string of the molecule is CCN(C1=NSc2ccc(F)cc2N1)c1ccncc1. The van der Waals surface area contributed by atoms with Crippen molar-refractivity contribution < 1.29 is 4.39 Å². The summed E-state index contributed by atoms with van der Waals surface area (Å²) in [6.45, 7) is 2.79. The van der Waals surface area contributed by atoms with Gasteiger partial charge in [-0.2, -0.15) is 4.40 Å². The molecular formula is C14H13FN4S. The van der Waals surface area contributed by atoms with Gasteiger partial charge in [0.25, 0.3) is 0 Å². The summed E-state index contributed by atoms with van der Waals surface area (Å²) >= 11 is 1.35. The minimum Gasteiger partial charge on any atom is -0.324 e. The van der Waals surface area contributed by atoms with E-state index in [1.54, 1.807) is 18.5 Å². The first-order chi connectivity index (χ1) is 9.78. The van der Waals surface area contributed by atoms with Crippen LogP contribution >= 0.6 is 11.9 Å². The fourth-order valence-corrected chi connectivity index (χ4v) is 2.68. The van der Waals surface area contributed by atoms with Crippen molar-refractivity contribution in [3.05, 3.63) is 48.5 Å². The number of halogens is 1. The molecule has 1 aliphatic rings. The van der Waals surface area contributed by atoms with Gasteiger partial charge in [-0.05, 0) is 37.3 Å². The number of fused-ring (bicyclic) bond motifs is 1. The van der Waals surface area contributed by atoms with Crippen LogP contribution in [-0.2, 0) is 0 Å². The molecule has 102 valence electrons. The maximum atomic E-state index is 13.3. The molecule has 20 heavy (non-hydrogen) atoms. The highest BCUT2D eigenvalue weighted by Gasteiger charge is 2.18. The minimum absolute atomic E-state index is 0.259. The van der Waals surface area contributed by atoms with Gasteiger partial charge in [-0.25, -0.2) is 4.39 Å². The largest absolute Gasteiger partial charge is 0.324 e. The van der Waals surface area contributed by atoms with Crippen LogP contribution in [0.15, 0.2) is 52.0 Å². The first kappa shape index (κ1) is 12.9. The van der Waals surface area contributed by atoms with Gasteiger partial charge in [-0.1, -0.05) is 0 Å². The number of rotatable bonds is 2. The summed E-state index contributed by atoms with van der Waals surface area (Å²) in [7, 11) is 0. The molecule has 0 radical (unpaired) electrons. The topological polar surface area (TPSA) is 40.5 Å². The van der Waals surface area contributed by atoms with E-state index in [-0.39, 0.29) is 5.82 Å². The van der Waals surface area contributed by atoms with Gasteiger partial charge in [-0.3, -0.25) is 4.98 Å². The van der Waals surface area contributed by atoms with Crippen molar-refractivity contribution in [3.8, 4) is 0 Å². The molecule has 1 N–H and O–H groups in total. The van der Waals surface area contributed by atoms with Crippen LogP contribution in [-0.4, -0.2) is 17.5 Å². The van der Waals surface area contributed by atoms with Gasteiger partial charge in [-0.15, -0.1) is 0 Å². The Kier molecular flexibility index (Phi) is 3.56. The number of guanidine groups is 1. The molecule has 3 rings (SSSR count). The number of hydrogen-bond donors (Lipinski definition) is 1. The summed E-state index contributed by atoms with van der Waals surface area (Å²) in [5.41, 5.74) is 1.74. The summed E-state index contributed by atoms with van der Waals surface area (Å²) in [6, 6.07) is 8.48. The molecule has 1 aromatic heterocycles. The molecule has 0 saturated heterocycles. The highest BCUT2D eigenvalue weighted by atomic mass is 32.2. The molecule has 0 atom stereocenters. The molecule has 0 saturated carbocycles. The van der Waals surface area contributed by atoms with Crippen LogP contribution in [0.1, 0.15) is 6.92 Å². The second-order valence-electron chi connectivity index (χ2n) is 4.22. The number of aromatic nitrogens is 1. The van der Waals surface area contributed by atoms with E-state index < -0.39 is 0 Å². The average Bonchev–Trinajstić information content (AvgIpc) is 2.49. The highest BCUT2D eigenvalue weighted by Crippen LogP contribution is 2.33. The number of hydrogen-bond acceptors (Lipinski definition) is 5. The Balaban J connectivity index is 1.90. The molecule has 0 aliphatic carbocycles. The van der Waals surface area contributed by atoms with Gasteiger partial charge in [0.05, 0.1) is 10.6 Å². The lowest BCUT2D eigenvalue weighted by Crippen LogP contribution is -2.37. The highest BCUT2D eigenvalue weighted by molar-refractivity contribution is 7.98. The van der Waals surface area contributed by atoms with Gasteiger partial charge in [0.15, 0.2) is 0 Å². The van der Waals surface area contributed by atoms with E-state index in [9.17, 15) is 4.39 Å². The van der Waals surface area contributed by atoms with Crippen LogP contribution in [0.4, 0.5) is 15.8 Å². The second-order valence-corrected chi connectivity index (χ2v) is 5.03. The summed E-state index contributed by atoms with van der Waals surface area (Å²) in [5.74, 6) is 0.437. The summed E-state index contributed by atoms with van der Waals surface area (Å²) < 4.78 is 17.8. The fourth-order valence-electron chi connectivity index (χ4n) is 2.01. The summed E-state index contributed by atoms with van der Waals surface area (Å²) in [6.07, 6.45) is 3.48. The van der Waals surface area contributed by atoms with E-state index in [1.807, 2.05) is 24.0 Å². The van der Waals surface area contributed by atoms with E-state index in [2.05, 4.69) is 14.7 Å². The Hall–Kier alpha value is -2.08. The lowest BCUT2D eigenvalue weighted by Gasteiger charge is -2.27. The monoisotopic (exact) mass is 288 g/mol. The number of pyridine rings is 1. The van der Waals surface area contributed by atoms with Crippen LogP contribution in [0.25, 0.3) is 0 Å². The van der Waals surface area contributed by atoms with Crippen molar-refractivity contribution in [2.24, 2.45) is 4.40 Å². The Morgan fingerprint density at radius 1 is 1.25 bits per heavy atom. The molecule has 0 unspecified atom stereocenters. The van der Waals surface area contributed by atoms with E-state index in [4.69, 9.17) is 0 Å². The zero-order valence-corrected chi connectivity index (χ0v) is 11.7. The molecule has 6 heteroatoms. The molecular weight excluding hydrogens is 275 g/mol. The third-order valence-corrected chi connectivity index (χ3v) is 3.78. The normalized spacial score (nSPS) is 13.2. The Labute approximate surface area is 120 Å². The van der Waals surface area contributed by atoms with Crippen molar-refractivity contribution in [2.45, 2.75) is 11.8 Å². The quantitative estimate of drug-likeness (QED) is 0.858. The maximum absolute atomic E-state index is 13.3.